The van der Waals surface area contributed by atoms with Crippen LogP contribution in [0.2, 0.25) is 0 Å². The summed E-state index contributed by atoms with van der Waals surface area (Å²) in [6.45, 7) is 4.27. The minimum absolute atomic E-state index is 0.186. The number of nitrogen functional groups attached to an aromatic ring is 1. The summed E-state index contributed by atoms with van der Waals surface area (Å²) < 4.78 is 10.7. The molecule has 2 aromatic heterocycles. The van der Waals surface area contributed by atoms with Gasteiger partial charge in [-0.2, -0.15) is 0 Å². The van der Waals surface area contributed by atoms with Crippen molar-refractivity contribution >= 4 is 17.3 Å². The minimum Gasteiger partial charge on any atom is -0.489 e. The van der Waals surface area contributed by atoms with Gasteiger partial charge in [0.05, 0.1) is 41.1 Å². The Morgan fingerprint density at radius 1 is 1.21 bits per heavy atom. The highest BCUT2D eigenvalue weighted by atomic mass is 32.1. The Kier molecular flexibility index (Phi) is 6.59. The lowest BCUT2D eigenvalue weighted by molar-refractivity contribution is -0.00535. The molecule has 0 bridgehead atoms. The van der Waals surface area contributed by atoms with Crippen molar-refractivity contribution < 1.29 is 14.6 Å². The van der Waals surface area contributed by atoms with Crippen LogP contribution in [-0.4, -0.2) is 71.0 Å². The zero-order chi connectivity index (χ0) is 20.2. The molecule has 9 heteroatoms. The molecule has 0 radical (unpaired) electrons. The van der Waals surface area contributed by atoms with Gasteiger partial charge in [-0.1, -0.05) is 0 Å². The quantitative estimate of drug-likeness (QED) is 0.724. The highest BCUT2D eigenvalue weighted by Crippen LogP contribution is 2.41. The summed E-state index contributed by atoms with van der Waals surface area (Å²) >= 11 is 1.75. The van der Waals surface area contributed by atoms with Crippen LogP contribution < -0.4 is 10.5 Å². The first-order valence-corrected chi connectivity index (χ1v) is 11.1. The summed E-state index contributed by atoms with van der Waals surface area (Å²) in [5.74, 6) is 1.56. The first kappa shape index (κ1) is 20.5. The molecule has 0 amide bonds. The number of rotatable bonds is 1. The molecule has 0 spiro atoms. The Labute approximate surface area is 175 Å². The SMILES string of the molecule is CN1CCC(c2nc3c(s2)-c2nc(N)ncc2OCC3)CC1.OC1CCCOC1. The molecule has 158 valence electrons. The van der Waals surface area contributed by atoms with E-state index in [2.05, 4.69) is 21.9 Å². The zero-order valence-electron chi connectivity index (χ0n) is 16.8. The maximum atomic E-state index is 8.78. The van der Waals surface area contributed by atoms with Gasteiger partial charge in [0.15, 0.2) is 5.75 Å². The molecule has 3 aliphatic rings. The topological polar surface area (TPSA) is 107 Å². The second kappa shape index (κ2) is 9.34. The molecule has 5 rings (SSSR count). The highest BCUT2D eigenvalue weighted by Gasteiger charge is 2.27. The van der Waals surface area contributed by atoms with Crippen molar-refractivity contribution in [3.8, 4) is 16.3 Å². The molecule has 0 saturated carbocycles. The molecular weight excluding hydrogens is 390 g/mol. The predicted molar refractivity (Wildman–Crippen MR) is 112 cm³/mol. The Hall–Kier alpha value is -1.81. The van der Waals surface area contributed by atoms with Crippen LogP contribution in [0, 0.1) is 0 Å². The van der Waals surface area contributed by atoms with Crippen LogP contribution >= 0.6 is 11.3 Å². The maximum absolute atomic E-state index is 8.78. The lowest BCUT2D eigenvalue weighted by Gasteiger charge is -2.27. The van der Waals surface area contributed by atoms with Gasteiger partial charge in [-0.3, -0.25) is 0 Å². The van der Waals surface area contributed by atoms with Crippen molar-refractivity contribution in [1.29, 1.82) is 0 Å². The third-order valence-corrected chi connectivity index (χ3v) is 6.77. The predicted octanol–water partition coefficient (Wildman–Crippen LogP) is 2.08. The number of aromatic nitrogens is 3. The van der Waals surface area contributed by atoms with Gasteiger partial charge in [0.1, 0.15) is 5.69 Å². The van der Waals surface area contributed by atoms with Gasteiger partial charge in [-0.25, -0.2) is 15.0 Å². The molecule has 5 heterocycles. The molecule has 1 atom stereocenters. The van der Waals surface area contributed by atoms with Crippen LogP contribution in [0.4, 0.5) is 5.95 Å². The van der Waals surface area contributed by atoms with Gasteiger partial charge in [0.25, 0.3) is 0 Å². The van der Waals surface area contributed by atoms with Crippen LogP contribution in [-0.2, 0) is 11.2 Å². The van der Waals surface area contributed by atoms with Crippen LogP contribution in [0.15, 0.2) is 6.20 Å². The molecule has 0 aliphatic carbocycles. The van der Waals surface area contributed by atoms with E-state index in [9.17, 15) is 0 Å². The van der Waals surface area contributed by atoms with E-state index in [1.165, 1.54) is 17.8 Å². The van der Waals surface area contributed by atoms with Crippen LogP contribution in [0.1, 0.15) is 42.3 Å². The Morgan fingerprint density at radius 2 is 2.03 bits per heavy atom. The number of anilines is 1. The number of aliphatic hydroxyl groups is 1. The summed E-state index contributed by atoms with van der Waals surface area (Å²) in [5, 5.41) is 10.0. The number of nitrogens with two attached hydrogens (primary N) is 1. The van der Waals surface area contributed by atoms with E-state index in [1.807, 2.05) is 0 Å². The molecular formula is C20H29N5O3S. The number of fused-ring (bicyclic) bond motifs is 3. The van der Waals surface area contributed by atoms with E-state index in [-0.39, 0.29) is 12.1 Å². The smallest absolute Gasteiger partial charge is 0.220 e. The molecule has 3 N–H and O–H groups in total. The normalized spacial score (nSPS) is 22.5. The number of ether oxygens (including phenoxy) is 2. The van der Waals surface area contributed by atoms with Gasteiger partial charge in [-0.15, -0.1) is 11.3 Å². The van der Waals surface area contributed by atoms with Crippen molar-refractivity contribution in [2.75, 3.05) is 45.7 Å². The van der Waals surface area contributed by atoms with Crippen LogP contribution in [0.25, 0.3) is 10.6 Å². The number of likely N-dealkylation sites (tertiary alicyclic amines) is 1. The number of hydrogen-bond acceptors (Lipinski definition) is 9. The van der Waals surface area contributed by atoms with Crippen molar-refractivity contribution in [3.05, 3.63) is 16.9 Å². The number of aliphatic hydroxyl groups excluding tert-OH is 1. The third-order valence-electron chi connectivity index (χ3n) is 5.50. The number of nitrogens with zero attached hydrogens (tertiary/aromatic N) is 4. The first-order chi connectivity index (χ1) is 14.1. The molecule has 2 aromatic rings. The van der Waals surface area contributed by atoms with E-state index >= 15 is 0 Å². The Balaban J connectivity index is 0.000000249. The molecule has 0 aromatic carbocycles. The number of hydrogen-bond donors (Lipinski definition) is 2. The fourth-order valence-corrected chi connectivity index (χ4v) is 5.06. The van der Waals surface area contributed by atoms with Crippen LogP contribution in [0.3, 0.4) is 0 Å². The molecule has 8 nitrogen and oxygen atoms in total. The third kappa shape index (κ3) is 5.03. The van der Waals surface area contributed by atoms with Crippen molar-refractivity contribution in [3.63, 3.8) is 0 Å². The fraction of sp³-hybridized carbons (Fsp3) is 0.650. The maximum Gasteiger partial charge on any atom is 0.220 e. The summed E-state index contributed by atoms with van der Waals surface area (Å²) in [7, 11) is 2.18. The fourth-order valence-electron chi connectivity index (χ4n) is 3.79. The second-order valence-electron chi connectivity index (χ2n) is 7.82. The average Bonchev–Trinajstić information content (AvgIpc) is 3.07. The summed E-state index contributed by atoms with van der Waals surface area (Å²) in [6, 6.07) is 0. The van der Waals surface area contributed by atoms with Gasteiger partial charge >= 0.3 is 0 Å². The summed E-state index contributed by atoms with van der Waals surface area (Å²) in [5.41, 5.74) is 7.65. The molecule has 2 saturated heterocycles. The number of thiazole rings is 1. The highest BCUT2D eigenvalue weighted by molar-refractivity contribution is 7.15. The molecule has 2 fully saturated rings. The largest absolute Gasteiger partial charge is 0.489 e. The Morgan fingerprint density at radius 3 is 2.72 bits per heavy atom. The summed E-state index contributed by atoms with van der Waals surface area (Å²) in [6.07, 6.45) is 6.59. The first-order valence-electron chi connectivity index (χ1n) is 10.3. The molecule has 1 unspecified atom stereocenters. The molecule has 3 aliphatic heterocycles. The van der Waals surface area contributed by atoms with Gasteiger partial charge < -0.3 is 25.2 Å². The van der Waals surface area contributed by atoms with Gasteiger partial charge in [-0.05, 0) is 45.8 Å². The monoisotopic (exact) mass is 419 g/mol. The van der Waals surface area contributed by atoms with E-state index < -0.39 is 0 Å². The minimum atomic E-state index is -0.186. The van der Waals surface area contributed by atoms with Crippen LogP contribution in [0.5, 0.6) is 5.75 Å². The second-order valence-corrected chi connectivity index (χ2v) is 8.85. The van der Waals surface area contributed by atoms with Crippen molar-refractivity contribution in [2.24, 2.45) is 0 Å². The van der Waals surface area contributed by atoms with Gasteiger partial charge in [0, 0.05) is 18.9 Å². The lowest BCUT2D eigenvalue weighted by atomic mass is 9.98. The standard InChI is InChI=1S/C15H19N5OS.C5H10O2/c1-20-5-2-9(3-6-20)14-18-10-4-7-21-11-8-17-15(16)19-12(11)13(10)22-14;6-5-2-1-3-7-4-5/h8-9H,2-7H2,1H3,(H2,16,17,19);5-6H,1-4H2. The zero-order valence-corrected chi connectivity index (χ0v) is 17.7. The average molecular weight is 420 g/mol. The molecule has 29 heavy (non-hydrogen) atoms. The van der Waals surface area contributed by atoms with E-state index in [0.717, 1.165) is 55.2 Å². The van der Waals surface area contributed by atoms with E-state index in [1.54, 1.807) is 17.5 Å². The van der Waals surface area contributed by atoms with E-state index in [4.69, 9.17) is 25.3 Å². The van der Waals surface area contributed by atoms with Crippen molar-refractivity contribution in [1.82, 2.24) is 19.9 Å². The van der Waals surface area contributed by atoms with E-state index in [0.29, 0.717) is 24.9 Å². The lowest BCUT2D eigenvalue weighted by Crippen LogP contribution is -2.29. The van der Waals surface area contributed by atoms with Gasteiger partial charge in [0.2, 0.25) is 5.95 Å². The Bertz CT molecular complexity index is 816. The number of piperidine rings is 1. The summed E-state index contributed by atoms with van der Waals surface area (Å²) in [4.78, 5) is 16.8. The van der Waals surface area contributed by atoms with Crippen molar-refractivity contribution in [2.45, 2.75) is 44.1 Å².